The molecule has 2 unspecified atom stereocenters. The van der Waals surface area contributed by atoms with Crippen molar-refractivity contribution in [1.82, 2.24) is 14.8 Å². The Balaban J connectivity index is 1.81. The Hall–Kier alpha value is -0.940. The van der Waals surface area contributed by atoms with Gasteiger partial charge in [0.2, 0.25) is 0 Å². The SMILES string of the molecule is Cn1ncnc1CC(N)CC1CCCO1. The molecule has 0 amide bonds. The van der Waals surface area contributed by atoms with Crippen LogP contribution in [-0.2, 0) is 18.2 Å². The van der Waals surface area contributed by atoms with Gasteiger partial charge >= 0.3 is 0 Å². The Bertz CT molecular complexity index is 306. The summed E-state index contributed by atoms with van der Waals surface area (Å²) in [5.41, 5.74) is 6.05. The molecule has 1 aromatic rings. The zero-order chi connectivity index (χ0) is 10.7. The molecule has 5 nitrogen and oxygen atoms in total. The molecule has 0 aromatic carbocycles. The second kappa shape index (κ2) is 4.72. The van der Waals surface area contributed by atoms with E-state index in [-0.39, 0.29) is 6.04 Å². The van der Waals surface area contributed by atoms with E-state index in [1.807, 2.05) is 7.05 Å². The van der Waals surface area contributed by atoms with Crippen molar-refractivity contribution in [1.29, 1.82) is 0 Å². The zero-order valence-electron chi connectivity index (χ0n) is 9.09. The van der Waals surface area contributed by atoms with E-state index in [2.05, 4.69) is 10.1 Å². The summed E-state index contributed by atoms with van der Waals surface area (Å²) in [5, 5.41) is 4.02. The molecule has 1 aliphatic heterocycles. The maximum absolute atomic E-state index is 6.05. The highest BCUT2D eigenvalue weighted by Gasteiger charge is 2.19. The molecule has 1 aliphatic rings. The largest absolute Gasteiger partial charge is 0.378 e. The smallest absolute Gasteiger partial charge is 0.138 e. The van der Waals surface area contributed by atoms with Crippen LogP contribution in [0, 0.1) is 0 Å². The summed E-state index contributed by atoms with van der Waals surface area (Å²) in [6.07, 6.45) is 5.93. The Morgan fingerprint density at radius 2 is 2.60 bits per heavy atom. The molecule has 0 saturated carbocycles. The van der Waals surface area contributed by atoms with Crippen molar-refractivity contribution >= 4 is 0 Å². The summed E-state index contributed by atoms with van der Waals surface area (Å²) in [5.74, 6) is 0.945. The first-order valence-corrected chi connectivity index (χ1v) is 5.46. The van der Waals surface area contributed by atoms with Crippen LogP contribution in [0.15, 0.2) is 6.33 Å². The second-order valence-corrected chi connectivity index (χ2v) is 4.13. The van der Waals surface area contributed by atoms with Gasteiger partial charge in [0, 0.05) is 26.1 Å². The topological polar surface area (TPSA) is 66.0 Å². The molecule has 2 atom stereocenters. The van der Waals surface area contributed by atoms with Gasteiger partial charge in [-0.05, 0) is 19.3 Å². The molecular formula is C10H18N4O. The quantitative estimate of drug-likeness (QED) is 0.774. The Morgan fingerprint density at radius 3 is 3.20 bits per heavy atom. The average Bonchev–Trinajstić information content (AvgIpc) is 2.79. The lowest BCUT2D eigenvalue weighted by Gasteiger charge is -2.15. The number of nitrogens with zero attached hydrogens (tertiary/aromatic N) is 3. The zero-order valence-corrected chi connectivity index (χ0v) is 9.09. The molecule has 2 rings (SSSR count). The highest BCUT2D eigenvalue weighted by Crippen LogP contribution is 2.17. The van der Waals surface area contributed by atoms with Gasteiger partial charge in [-0.2, -0.15) is 5.10 Å². The number of aromatic nitrogens is 3. The van der Waals surface area contributed by atoms with Gasteiger partial charge in [-0.25, -0.2) is 4.98 Å². The predicted molar refractivity (Wildman–Crippen MR) is 56.3 cm³/mol. The van der Waals surface area contributed by atoms with Crippen LogP contribution in [0.2, 0.25) is 0 Å². The van der Waals surface area contributed by atoms with E-state index < -0.39 is 0 Å². The highest BCUT2D eigenvalue weighted by molar-refractivity contribution is 4.89. The first-order valence-electron chi connectivity index (χ1n) is 5.46. The van der Waals surface area contributed by atoms with E-state index in [0.717, 1.165) is 31.7 Å². The molecule has 84 valence electrons. The lowest BCUT2D eigenvalue weighted by molar-refractivity contribution is 0.0981. The third-order valence-electron chi connectivity index (χ3n) is 2.84. The number of rotatable bonds is 4. The minimum atomic E-state index is 0.121. The summed E-state index contributed by atoms with van der Waals surface area (Å²) in [6, 6.07) is 0.121. The van der Waals surface area contributed by atoms with Crippen molar-refractivity contribution in [2.75, 3.05) is 6.61 Å². The summed E-state index contributed by atoms with van der Waals surface area (Å²) in [4.78, 5) is 4.16. The van der Waals surface area contributed by atoms with Crippen molar-refractivity contribution in [3.05, 3.63) is 12.2 Å². The van der Waals surface area contributed by atoms with Gasteiger partial charge in [0.25, 0.3) is 0 Å². The van der Waals surface area contributed by atoms with Crippen LogP contribution in [0.5, 0.6) is 0 Å². The van der Waals surface area contributed by atoms with Crippen LogP contribution < -0.4 is 5.73 Å². The van der Waals surface area contributed by atoms with Gasteiger partial charge in [0.15, 0.2) is 0 Å². The normalized spacial score (nSPS) is 23.2. The summed E-state index contributed by atoms with van der Waals surface area (Å²) < 4.78 is 7.32. The average molecular weight is 210 g/mol. The molecular weight excluding hydrogens is 192 g/mol. The van der Waals surface area contributed by atoms with E-state index in [1.54, 1.807) is 11.0 Å². The van der Waals surface area contributed by atoms with Gasteiger partial charge in [0.05, 0.1) is 6.10 Å². The fraction of sp³-hybridized carbons (Fsp3) is 0.800. The van der Waals surface area contributed by atoms with Crippen molar-refractivity contribution in [3.63, 3.8) is 0 Å². The third-order valence-corrected chi connectivity index (χ3v) is 2.84. The fourth-order valence-electron chi connectivity index (χ4n) is 1.99. The summed E-state index contributed by atoms with van der Waals surface area (Å²) >= 11 is 0. The molecule has 0 aliphatic carbocycles. The van der Waals surface area contributed by atoms with Gasteiger partial charge in [-0.15, -0.1) is 0 Å². The molecule has 2 N–H and O–H groups in total. The van der Waals surface area contributed by atoms with Crippen LogP contribution in [0.1, 0.15) is 25.1 Å². The maximum Gasteiger partial charge on any atom is 0.138 e. The van der Waals surface area contributed by atoms with Crippen LogP contribution in [0.4, 0.5) is 0 Å². The van der Waals surface area contributed by atoms with Crippen molar-refractivity contribution in [2.45, 2.75) is 37.8 Å². The van der Waals surface area contributed by atoms with Gasteiger partial charge in [-0.3, -0.25) is 4.68 Å². The molecule has 1 saturated heterocycles. The van der Waals surface area contributed by atoms with Crippen LogP contribution in [-0.4, -0.2) is 33.5 Å². The minimum Gasteiger partial charge on any atom is -0.378 e. The summed E-state index contributed by atoms with van der Waals surface area (Å²) in [6.45, 7) is 0.890. The minimum absolute atomic E-state index is 0.121. The summed E-state index contributed by atoms with van der Waals surface area (Å²) in [7, 11) is 1.89. The molecule has 0 spiro atoms. The Kier molecular flexibility index (Phi) is 3.33. The van der Waals surface area contributed by atoms with Gasteiger partial charge in [0.1, 0.15) is 12.2 Å². The van der Waals surface area contributed by atoms with E-state index in [0.29, 0.717) is 6.10 Å². The van der Waals surface area contributed by atoms with E-state index in [4.69, 9.17) is 10.5 Å². The van der Waals surface area contributed by atoms with Crippen LogP contribution in [0.25, 0.3) is 0 Å². The van der Waals surface area contributed by atoms with E-state index in [1.165, 1.54) is 6.42 Å². The molecule has 5 heteroatoms. The molecule has 1 aromatic heterocycles. The monoisotopic (exact) mass is 210 g/mol. The number of hydrogen-bond donors (Lipinski definition) is 1. The van der Waals surface area contributed by atoms with Gasteiger partial charge in [-0.1, -0.05) is 0 Å². The molecule has 1 fully saturated rings. The maximum atomic E-state index is 6.05. The fourth-order valence-corrected chi connectivity index (χ4v) is 1.99. The molecule has 15 heavy (non-hydrogen) atoms. The Labute approximate surface area is 89.6 Å². The number of hydrogen-bond acceptors (Lipinski definition) is 4. The lowest BCUT2D eigenvalue weighted by atomic mass is 10.0. The van der Waals surface area contributed by atoms with Crippen molar-refractivity contribution in [3.8, 4) is 0 Å². The standard InChI is InChI=1S/C10H18N4O/c1-14-10(12-7-13-14)6-8(11)5-9-3-2-4-15-9/h7-9H,2-6,11H2,1H3. The van der Waals surface area contributed by atoms with E-state index in [9.17, 15) is 0 Å². The van der Waals surface area contributed by atoms with E-state index >= 15 is 0 Å². The predicted octanol–water partition coefficient (Wildman–Crippen LogP) is 0.254. The molecule has 0 bridgehead atoms. The van der Waals surface area contributed by atoms with Crippen LogP contribution in [0.3, 0.4) is 0 Å². The molecule has 2 heterocycles. The van der Waals surface area contributed by atoms with Gasteiger partial charge < -0.3 is 10.5 Å². The number of aryl methyl sites for hydroxylation is 1. The molecule has 0 radical (unpaired) electrons. The lowest BCUT2D eigenvalue weighted by Crippen LogP contribution is -2.29. The van der Waals surface area contributed by atoms with Crippen molar-refractivity contribution < 1.29 is 4.74 Å². The Morgan fingerprint density at radius 1 is 1.73 bits per heavy atom. The number of nitrogens with two attached hydrogens (primary N) is 1. The van der Waals surface area contributed by atoms with Crippen molar-refractivity contribution in [2.24, 2.45) is 12.8 Å². The first kappa shape index (κ1) is 10.6. The highest BCUT2D eigenvalue weighted by atomic mass is 16.5. The third kappa shape index (κ3) is 2.76. The number of ether oxygens (including phenoxy) is 1. The first-order chi connectivity index (χ1) is 7.25. The second-order valence-electron chi connectivity index (χ2n) is 4.13. The van der Waals surface area contributed by atoms with Crippen LogP contribution >= 0.6 is 0 Å².